The minimum atomic E-state index is -4.47. The van der Waals surface area contributed by atoms with Gasteiger partial charge in [-0.25, -0.2) is 9.82 Å². The van der Waals surface area contributed by atoms with Gasteiger partial charge in [-0.1, -0.05) is 12.1 Å². The standard InChI is InChI=1S/C14H13F4N3/c15-10-4-5-12(19)11(7-10)13(21-20)8-2-1-3-9(6-8)14(16,17)18/h1-7,13,21H,19-20H2. The van der Waals surface area contributed by atoms with Crippen molar-refractivity contribution >= 4 is 5.69 Å². The van der Waals surface area contributed by atoms with E-state index < -0.39 is 23.6 Å². The SMILES string of the molecule is NNC(c1cccc(C(F)(F)F)c1)c1cc(F)ccc1N. The molecule has 0 saturated carbocycles. The molecular formula is C14H13F4N3. The van der Waals surface area contributed by atoms with Gasteiger partial charge in [0, 0.05) is 11.3 Å². The van der Waals surface area contributed by atoms with Crippen LogP contribution >= 0.6 is 0 Å². The maximum absolute atomic E-state index is 13.3. The number of nitrogens with two attached hydrogens (primary N) is 2. The molecule has 0 amide bonds. The average molecular weight is 299 g/mol. The zero-order chi connectivity index (χ0) is 15.6. The molecule has 112 valence electrons. The summed E-state index contributed by atoms with van der Waals surface area (Å²) in [6.45, 7) is 0. The van der Waals surface area contributed by atoms with E-state index in [9.17, 15) is 17.6 Å². The van der Waals surface area contributed by atoms with Crippen LogP contribution in [0.3, 0.4) is 0 Å². The van der Waals surface area contributed by atoms with Crippen LogP contribution in [0.1, 0.15) is 22.7 Å². The molecule has 0 aliphatic rings. The van der Waals surface area contributed by atoms with Crippen molar-refractivity contribution in [3.63, 3.8) is 0 Å². The van der Waals surface area contributed by atoms with E-state index in [4.69, 9.17) is 11.6 Å². The number of rotatable bonds is 3. The van der Waals surface area contributed by atoms with Gasteiger partial charge in [0.15, 0.2) is 0 Å². The fraction of sp³-hybridized carbons (Fsp3) is 0.143. The Bertz CT molecular complexity index is 640. The average Bonchev–Trinajstić information content (AvgIpc) is 2.43. The van der Waals surface area contributed by atoms with Gasteiger partial charge in [-0.05, 0) is 35.9 Å². The predicted octanol–water partition coefficient (Wildman–Crippen LogP) is 2.98. The van der Waals surface area contributed by atoms with Gasteiger partial charge in [0.05, 0.1) is 11.6 Å². The van der Waals surface area contributed by atoms with Gasteiger partial charge in [0.1, 0.15) is 5.82 Å². The zero-order valence-electron chi connectivity index (χ0n) is 10.8. The Morgan fingerprint density at radius 1 is 1.05 bits per heavy atom. The summed E-state index contributed by atoms with van der Waals surface area (Å²) in [6.07, 6.45) is -4.47. The van der Waals surface area contributed by atoms with E-state index in [1.807, 2.05) is 0 Å². The first-order valence-electron chi connectivity index (χ1n) is 6.01. The highest BCUT2D eigenvalue weighted by Gasteiger charge is 2.31. The second-order valence-electron chi connectivity index (χ2n) is 4.50. The van der Waals surface area contributed by atoms with Crippen LogP contribution in [0.4, 0.5) is 23.2 Å². The van der Waals surface area contributed by atoms with E-state index >= 15 is 0 Å². The van der Waals surface area contributed by atoms with Gasteiger partial charge in [-0.15, -0.1) is 0 Å². The minimum absolute atomic E-state index is 0.233. The van der Waals surface area contributed by atoms with E-state index in [1.165, 1.54) is 24.3 Å². The van der Waals surface area contributed by atoms with Crippen LogP contribution in [0.5, 0.6) is 0 Å². The van der Waals surface area contributed by atoms with Crippen molar-refractivity contribution in [1.82, 2.24) is 5.43 Å². The fourth-order valence-electron chi connectivity index (χ4n) is 2.06. The summed E-state index contributed by atoms with van der Waals surface area (Å²) in [5, 5.41) is 0. The first kappa shape index (κ1) is 15.3. The molecule has 0 radical (unpaired) electrons. The van der Waals surface area contributed by atoms with Crippen LogP contribution in [0.25, 0.3) is 0 Å². The lowest BCUT2D eigenvalue weighted by molar-refractivity contribution is -0.137. The number of nitrogen functional groups attached to an aromatic ring is 1. The first-order valence-corrected chi connectivity index (χ1v) is 6.01. The largest absolute Gasteiger partial charge is 0.416 e. The molecule has 0 heterocycles. The lowest BCUT2D eigenvalue weighted by atomic mass is 9.96. The van der Waals surface area contributed by atoms with Crippen molar-refractivity contribution in [2.75, 3.05) is 5.73 Å². The second-order valence-corrected chi connectivity index (χ2v) is 4.50. The van der Waals surface area contributed by atoms with E-state index in [0.29, 0.717) is 0 Å². The monoisotopic (exact) mass is 299 g/mol. The Balaban J connectivity index is 2.49. The molecule has 0 saturated heterocycles. The van der Waals surface area contributed by atoms with Gasteiger partial charge < -0.3 is 5.73 Å². The number of benzene rings is 2. The molecule has 2 aromatic carbocycles. The number of nitrogens with one attached hydrogen (secondary N) is 1. The molecule has 5 N–H and O–H groups in total. The van der Waals surface area contributed by atoms with Crippen molar-refractivity contribution in [3.05, 3.63) is 65.0 Å². The highest BCUT2D eigenvalue weighted by Crippen LogP contribution is 2.33. The third-order valence-corrected chi connectivity index (χ3v) is 3.07. The Morgan fingerprint density at radius 2 is 1.76 bits per heavy atom. The van der Waals surface area contributed by atoms with Crippen LogP contribution in [0.2, 0.25) is 0 Å². The predicted molar refractivity (Wildman–Crippen MR) is 71.4 cm³/mol. The van der Waals surface area contributed by atoms with E-state index in [-0.39, 0.29) is 16.8 Å². The third kappa shape index (κ3) is 3.32. The summed E-state index contributed by atoms with van der Waals surface area (Å²) in [7, 11) is 0. The Kier molecular flexibility index (Phi) is 4.15. The fourth-order valence-corrected chi connectivity index (χ4v) is 2.06. The van der Waals surface area contributed by atoms with Crippen molar-refractivity contribution in [2.24, 2.45) is 5.84 Å². The Hall–Kier alpha value is -2.12. The number of halogens is 4. The Labute approximate surface area is 118 Å². The summed E-state index contributed by atoms with van der Waals surface area (Å²) in [6, 6.07) is 7.42. The van der Waals surface area contributed by atoms with Crippen LogP contribution in [0, 0.1) is 5.82 Å². The molecule has 7 heteroatoms. The van der Waals surface area contributed by atoms with Gasteiger partial charge in [-0.2, -0.15) is 13.2 Å². The van der Waals surface area contributed by atoms with Crippen molar-refractivity contribution in [3.8, 4) is 0 Å². The second kappa shape index (κ2) is 5.71. The zero-order valence-corrected chi connectivity index (χ0v) is 10.8. The number of hydrogen-bond acceptors (Lipinski definition) is 3. The molecule has 21 heavy (non-hydrogen) atoms. The van der Waals surface area contributed by atoms with E-state index in [2.05, 4.69) is 5.43 Å². The van der Waals surface area contributed by atoms with Gasteiger partial charge in [-0.3, -0.25) is 5.84 Å². The maximum atomic E-state index is 13.3. The molecule has 0 aliphatic heterocycles. The molecule has 0 bridgehead atoms. The number of hydrazine groups is 1. The molecule has 2 aromatic rings. The minimum Gasteiger partial charge on any atom is -0.398 e. The number of hydrogen-bond donors (Lipinski definition) is 3. The molecule has 2 rings (SSSR count). The van der Waals surface area contributed by atoms with Gasteiger partial charge in [0.2, 0.25) is 0 Å². The van der Waals surface area contributed by atoms with Crippen LogP contribution in [0.15, 0.2) is 42.5 Å². The normalized spacial score (nSPS) is 13.2. The summed E-state index contributed by atoms with van der Waals surface area (Å²) in [4.78, 5) is 0. The van der Waals surface area contributed by atoms with Crippen molar-refractivity contribution in [2.45, 2.75) is 12.2 Å². The summed E-state index contributed by atoms with van der Waals surface area (Å²) < 4.78 is 51.6. The van der Waals surface area contributed by atoms with Crippen molar-refractivity contribution < 1.29 is 17.6 Å². The van der Waals surface area contributed by atoms with Crippen LogP contribution in [-0.2, 0) is 6.18 Å². The first-order chi connectivity index (χ1) is 9.82. The molecule has 0 spiro atoms. The molecular weight excluding hydrogens is 286 g/mol. The maximum Gasteiger partial charge on any atom is 0.416 e. The summed E-state index contributed by atoms with van der Waals surface area (Å²) in [5.41, 5.74) is 8.05. The topological polar surface area (TPSA) is 64.1 Å². The van der Waals surface area contributed by atoms with Gasteiger partial charge >= 0.3 is 6.18 Å². The van der Waals surface area contributed by atoms with E-state index in [1.54, 1.807) is 0 Å². The molecule has 0 aliphatic carbocycles. The molecule has 3 nitrogen and oxygen atoms in total. The lowest BCUT2D eigenvalue weighted by Gasteiger charge is -2.20. The lowest BCUT2D eigenvalue weighted by Crippen LogP contribution is -2.29. The smallest absolute Gasteiger partial charge is 0.398 e. The highest BCUT2D eigenvalue weighted by atomic mass is 19.4. The molecule has 0 fully saturated rings. The third-order valence-electron chi connectivity index (χ3n) is 3.07. The van der Waals surface area contributed by atoms with E-state index in [0.717, 1.165) is 18.2 Å². The summed E-state index contributed by atoms with van der Waals surface area (Å²) in [5.74, 6) is 4.86. The van der Waals surface area contributed by atoms with Crippen LogP contribution < -0.4 is 17.0 Å². The summed E-state index contributed by atoms with van der Waals surface area (Å²) >= 11 is 0. The number of anilines is 1. The molecule has 1 atom stereocenters. The van der Waals surface area contributed by atoms with Gasteiger partial charge in [0.25, 0.3) is 0 Å². The Morgan fingerprint density at radius 3 is 2.38 bits per heavy atom. The number of alkyl halides is 3. The van der Waals surface area contributed by atoms with Crippen LogP contribution in [-0.4, -0.2) is 0 Å². The molecule has 0 aromatic heterocycles. The highest BCUT2D eigenvalue weighted by molar-refractivity contribution is 5.51. The molecule has 1 unspecified atom stereocenters. The quantitative estimate of drug-likeness (QED) is 0.353. The van der Waals surface area contributed by atoms with Crippen molar-refractivity contribution in [1.29, 1.82) is 0 Å².